The van der Waals surface area contributed by atoms with Crippen molar-refractivity contribution >= 4 is 0 Å². The summed E-state index contributed by atoms with van der Waals surface area (Å²) in [5.41, 5.74) is 2.20. The molecule has 1 aliphatic carbocycles. The fraction of sp³-hybridized carbons (Fsp3) is 0.579. The van der Waals surface area contributed by atoms with E-state index in [0.29, 0.717) is 0 Å². The summed E-state index contributed by atoms with van der Waals surface area (Å²) in [6.07, 6.45) is 3.26. The number of nitrogens with zero attached hydrogens (tertiary/aromatic N) is 3. The Balaban J connectivity index is 1.67. The molecule has 2 aliphatic rings. The van der Waals surface area contributed by atoms with Gasteiger partial charge in [-0.15, -0.1) is 0 Å². The highest BCUT2D eigenvalue weighted by Crippen LogP contribution is 2.49. The predicted octanol–water partition coefficient (Wildman–Crippen LogP) is 2.43. The average Bonchev–Trinajstić information content (AvgIpc) is 3.05. The molecule has 1 aromatic carbocycles. The SMILES string of the molecule is COc1cc(C2(c3nc(C4CNCCN4C)no3)CCC2)ccc1C. The van der Waals surface area contributed by atoms with Crippen molar-refractivity contribution < 1.29 is 9.26 Å². The van der Waals surface area contributed by atoms with Gasteiger partial charge in [0, 0.05) is 19.6 Å². The number of methoxy groups -OCH3 is 1. The molecule has 0 radical (unpaired) electrons. The van der Waals surface area contributed by atoms with E-state index in [2.05, 4.69) is 47.5 Å². The van der Waals surface area contributed by atoms with E-state index in [1.54, 1.807) is 7.11 Å². The molecule has 0 spiro atoms. The maximum absolute atomic E-state index is 5.78. The van der Waals surface area contributed by atoms with Crippen molar-refractivity contribution in [2.45, 2.75) is 37.6 Å². The van der Waals surface area contributed by atoms with Crippen LogP contribution in [-0.4, -0.2) is 48.8 Å². The third kappa shape index (κ3) is 2.73. The van der Waals surface area contributed by atoms with E-state index in [4.69, 9.17) is 14.2 Å². The number of likely N-dealkylation sites (N-methyl/N-ethyl adjacent to an activating group) is 1. The molecule has 1 aromatic heterocycles. The molecule has 25 heavy (non-hydrogen) atoms. The molecule has 6 nitrogen and oxygen atoms in total. The van der Waals surface area contributed by atoms with E-state index >= 15 is 0 Å². The molecule has 1 unspecified atom stereocenters. The molecule has 4 rings (SSSR count). The van der Waals surface area contributed by atoms with Gasteiger partial charge in [-0.3, -0.25) is 4.90 Å². The van der Waals surface area contributed by atoms with Crippen LogP contribution in [0.1, 0.15) is 48.1 Å². The molecular formula is C19H26N4O2. The van der Waals surface area contributed by atoms with Gasteiger partial charge < -0.3 is 14.6 Å². The minimum Gasteiger partial charge on any atom is -0.496 e. The molecule has 1 saturated carbocycles. The highest BCUT2D eigenvalue weighted by molar-refractivity contribution is 5.43. The Bertz CT molecular complexity index is 754. The molecule has 2 aromatic rings. The summed E-state index contributed by atoms with van der Waals surface area (Å²) in [5.74, 6) is 2.45. The van der Waals surface area contributed by atoms with Crippen LogP contribution in [0.4, 0.5) is 0 Å². The Morgan fingerprint density at radius 1 is 1.36 bits per heavy atom. The maximum Gasteiger partial charge on any atom is 0.237 e. The van der Waals surface area contributed by atoms with Crippen LogP contribution in [0.25, 0.3) is 0 Å². The highest BCUT2D eigenvalue weighted by atomic mass is 16.5. The van der Waals surface area contributed by atoms with Gasteiger partial charge in [0.2, 0.25) is 5.89 Å². The van der Waals surface area contributed by atoms with E-state index < -0.39 is 0 Å². The first kappa shape index (κ1) is 16.5. The van der Waals surface area contributed by atoms with Crippen LogP contribution in [-0.2, 0) is 5.41 Å². The summed E-state index contributed by atoms with van der Waals surface area (Å²) in [6.45, 7) is 4.92. The lowest BCUT2D eigenvalue weighted by Gasteiger charge is -2.39. The molecule has 2 heterocycles. The van der Waals surface area contributed by atoms with E-state index in [-0.39, 0.29) is 11.5 Å². The number of nitrogens with one attached hydrogen (secondary N) is 1. The Morgan fingerprint density at radius 3 is 2.88 bits per heavy atom. The zero-order valence-electron chi connectivity index (χ0n) is 15.2. The lowest BCUT2D eigenvalue weighted by atomic mass is 9.64. The minimum absolute atomic E-state index is 0.160. The summed E-state index contributed by atoms with van der Waals surface area (Å²) < 4.78 is 11.3. The zero-order valence-corrected chi connectivity index (χ0v) is 15.2. The van der Waals surface area contributed by atoms with Crippen LogP contribution in [0, 0.1) is 6.92 Å². The molecule has 6 heteroatoms. The van der Waals surface area contributed by atoms with Gasteiger partial charge in [0.1, 0.15) is 5.75 Å². The summed E-state index contributed by atoms with van der Waals surface area (Å²) in [7, 11) is 3.84. The van der Waals surface area contributed by atoms with Crippen LogP contribution in [0.3, 0.4) is 0 Å². The van der Waals surface area contributed by atoms with Gasteiger partial charge in [-0.25, -0.2) is 0 Å². The Labute approximate surface area is 148 Å². The third-order valence-electron chi connectivity index (χ3n) is 5.83. The fourth-order valence-corrected chi connectivity index (χ4v) is 3.93. The van der Waals surface area contributed by atoms with Crippen molar-refractivity contribution in [2.24, 2.45) is 0 Å². The number of hydrogen-bond acceptors (Lipinski definition) is 6. The second-order valence-electron chi connectivity index (χ2n) is 7.28. The largest absolute Gasteiger partial charge is 0.496 e. The first-order valence-corrected chi connectivity index (χ1v) is 9.04. The molecule has 2 fully saturated rings. The standard InChI is InChI=1S/C19H26N4O2/c1-13-5-6-14(11-16(13)24-3)19(7-4-8-19)18-21-17(22-25-18)15-12-20-9-10-23(15)2/h5-6,11,15,20H,4,7-10,12H2,1-3H3. The fourth-order valence-electron chi connectivity index (χ4n) is 3.93. The summed E-state index contributed by atoms with van der Waals surface area (Å²) in [5, 5.41) is 7.74. The number of ether oxygens (including phenoxy) is 1. The molecule has 1 aliphatic heterocycles. The van der Waals surface area contributed by atoms with Gasteiger partial charge in [0.05, 0.1) is 18.6 Å². The maximum atomic E-state index is 5.78. The number of rotatable bonds is 4. The molecular weight excluding hydrogens is 316 g/mol. The van der Waals surface area contributed by atoms with E-state index in [1.807, 2.05) is 0 Å². The number of piperazine rings is 1. The monoisotopic (exact) mass is 342 g/mol. The van der Waals surface area contributed by atoms with Crippen LogP contribution >= 0.6 is 0 Å². The van der Waals surface area contributed by atoms with Crippen molar-refractivity contribution in [3.63, 3.8) is 0 Å². The van der Waals surface area contributed by atoms with Crippen LogP contribution < -0.4 is 10.1 Å². The third-order valence-corrected chi connectivity index (χ3v) is 5.83. The van der Waals surface area contributed by atoms with Crippen LogP contribution in [0.5, 0.6) is 5.75 Å². The van der Waals surface area contributed by atoms with E-state index in [9.17, 15) is 0 Å². The van der Waals surface area contributed by atoms with Crippen molar-refractivity contribution in [1.29, 1.82) is 0 Å². The second kappa shape index (κ2) is 6.42. The first-order valence-electron chi connectivity index (χ1n) is 9.04. The quantitative estimate of drug-likeness (QED) is 0.921. The van der Waals surface area contributed by atoms with Crippen LogP contribution in [0.2, 0.25) is 0 Å². The van der Waals surface area contributed by atoms with Gasteiger partial charge in [0.25, 0.3) is 0 Å². The Morgan fingerprint density at radius 2 is 2.20 bits per heavy atom. The van der Waals surface area contributed by atoms with Gasteiger partial charge in [0.15, 0.2) is 5.82 Å². The normalized spacial score (nSPS) is 23.2. The Kier molecular flexibility index (Phi) is 4.25. The molecule has 0 amide bonds. The van der Waals surface area contributed by atoms with Crippen molar-refractivity contribution in [1.82, 2.24) is 20.4 Å². The van der Waals surface area contributed by atoms with Crippen LogP contribution in [0.15, 0.2) is 22.7 Å². The number of aromatic nitrogens is 2. The molecule has 1 saturated heterocycles. The predicted molar refractivity (Wildman–Crippen MR) is 94.9 cm³/mol. The topological polar surface area (TPSA) is 63.4 Å². The lowest BCUT2D eigenvalue weighted by molar-refractivity contribution is 0.188. The number of aryl methyl sites for hydroxylation is 1. The average molecular weight is 342 g/mol. The lowest BCUT2D eigenvalue weighted by Crippen LogP contribution is -2.44. The van der Waals surface area contributed by atoms with Gasteiger partial charge in [-0.1, -0.05) is 23.7 Å². The summed E-state index contributed by atoms with van der Waals surface area (Å²) in [6, 6.07) is 6.60. The van der Waals surface area contributed by atoms with Gasteiger partial charge in [-0.2, -0.15) is 4.98 Å². The van der Waals surface area contributed by atoms with E-state index in [0.717, 1.165) is 55.5 Å². The summed E-state index contributed by atoms with van der Waals surface area (Å²) >= 11 is 0. The molecule has 0 bridgehead atoms. The molecule has 134 valence electrons. The number of benzene rings is 1. The van der Waals surface area contributed by atoms with Crippen molar-refractivity contribution in [3.8, 4) is 5.75 Å². The molecule has 1 atom stereocenters. The van der Waals surface area contributed by atoms with E-state index in [1.165, 1.54) is 12.0 Å². The summed E-state index contributed by atoms with van der Waals surface area (Å²) in [4.78, 5) is 7.12. The van der Waals surface area contributed by atoms with Crippen molar-refractivity contribution in [2.75, 3.05) is 33.8 Å². The van der Waals surface area contributed by atoms with Gasteiger partial charge in [-0.05, 0) is 44.0 Å². The second-order valence-corrected chi connectivity index (χ2v) is 7.28. The molecule has 1 N–H and O–H groups in total. The smallest absolute Gasteiger partial charge is 0.237 e. The zero-order chi connectivity index (χ0) is 17.4. The number of hydrogen-bond donors (Lipinski definition) is 1. The van der Waals surface area contributed by atoms with Gasteiger partial charge >= 0.3 is 0 Å². The van der Waals surface area contributed by atoms with Crippen molar-refractivity contribution in [3.05, 3.63) is 41.0 Å². The first-order chi connectivity index (χ1) is 12.1. The minimum atomic E-state index is -0.160. The highest BCUT2D eigenvalue weighted by Gasteiger charge is 2.46. The Hall–Kier alpha value is -1.92.